The number of aromatic nitrogens is 2. The van der Waals surface area contributed by atoms with Gasteiger partial charge in [0.2, 0.25) is 0 Å². The van der Waals surface area contributed by atoms with E-state index in [1.807, 2.05) is 0 Å². The molecule has 1 heterocycles. The molecule has 2 saturated carbocycles. The smallest absolute Gasteiger partial charge is 0.186 e. The summed E-state index contributed by atoms with van der Waals surface area (Å²) in [6.07, 6.45) is 3.49. The van der Waals surface area contributed by atoms with Crippen LogP contribution in [0.2, 0.25) is 0 Å². The van der Waals surface area contributed by atoms with Gasteiger partial charge < -0.3 is 10.7 Å². The van der Waals surface area contributed by atoms with Gasteiger partial charge in [0.05, 0.1) is 5.52 Å². The van der Waals surface area contributed by atoms with Crippen molar-refractivity contribution in [2.75, 3.05) is 0 Å². The number of H-pyrrole nitrogens is 1. The summed E-state index contributed by atoms with van der Waals surface area (Å²) in [6, 6.07) is 2.75. The number of imidazole rings is 1. The van der Waals surface area contributed by atoms with Crippen LogP contribution < -0.4 is 5.73 Å². The molecule has 2 bridgehead atoms. The summed E-state index contributed by atoms with van der Waals surface area (Å²) in [7, 11) is 0. The molecule has 0 aliphatic heterocycles. The molecule has 4 atom stereocenters. The number of aromatic amines is 1. The van der Waals surface area contributed by atoms with Gasteiger partial charge in [-0.15, -0.1) is 0 Å². The van der Waals surface area contributed by atoms with Crippen molar-refractivity contribution in [2.45, 2.75) is 31.2 Å². The molecule has 1 aromatic carbocycles. The fraction of sp³-hybridized carbons (Fsp3) is 0.500. The zero-order valence-electron chi connectivity index (χ0n) is 10.4. The van der Waals surface area contributed by atoms with Crippen LogP contribution in [0.15, 0.2) is 12.1 Å². The van der Waals surface area contributed by atoms with E-state index in [0.717, 1.165) is 24.7 Å². The summed E-state index contributed by atoms with van der Waals surface area (Å²) < 4.78 is 26.9. The van der Waals surface area contributed by atoms with Crippen LogP contribution in [0.25, 0.3) is 11.0 Å². The Kier molecular flexibility index (Phi) is 2.24. The minimum absolute atomic E-state index is 0.0879. The molecule has 4 rings (SSSR count). The first-order valence-corrected chi connectivity index (χ1v) is 6.74. The zero-order chi connectivity index (χ0) is 13.1. The first kappa shape index (κ1) is 11.3. The number of halogens is 2. The van der Waals surface area contributed by atoms with E-state index in [0.29, 0.717) is 17.4 Å². The van der Waals surface area contributed by atoms with Crippen LogP contribution in [0.4, 0.5) is 8.78 Å². The third kappa shape index (κ3) is 1.48. The monoisotopic (exact) mass is 263 g/mol. The number of hydrogen-bond donors (Lipinski definition) is 2. The average Bonchev–Trinajstić information content (AvgIpc) is 3.07. The third-order valence-corrected chi connectivity index (χ3v) is 4.86. The maximum absolute atomic E-state index is 13.7. The van der Waals surface area contributed by atoms with E-state index in [9.17, 15) is 8.78 Å². The summed E-state index contributed by atoms with van der Waals surface area (Å²) in [6.45, 7) is 0. The Labute approximate surface area is 109 Å². The van der Waals surface area contributed by atoms with E-state index in [4.69, 9.17) is 5.73 Å². The van der Waals surface area contributed by atoms with E-state index in [2.05, 4.69) is 9.97 Å². The fourth-order valence-corrected chi connectivity index (χ4v) is 3.94. The Morgan fingerprint density at radius 3 is 2.74 bits per heavy atom. The highest BCUT2D eigenvalue weighted by Gasteiger charge is 2.47. The predicted molar refractivity (Wildman–Crippen MR) is 67.6 cm³/mol. The lowest BCUT2D eigenvalue weighted by molar-refractivity contribution is 0.356. The van der Waals surface area contributed by atoms with Crippen LogP contribution >= 0.6 is 0 Å². The van der Waals surface area contributed by atoms with E-state index in [-0.39, 0.29) is 17.5 Å². The highest BCUT2D eigenvalue weighted by atomic mass is 19.2. The van der Waals surface area contributed by atoms with Gasteiger partial charge in [0.1, 0.15) is 11.3 Å². The lowest BCUT2D eigenvalue weighted by Crippen LogP contribution is -2.34. The molecule has 2 fully saturated rings. The molecule has 2 aliphatic carbocycles. The van der Waals surface area contributed by atoms with Gasteiger partial charge in [-0.05, 0) is 43.2 Å². The van der Waals surface area contributed by atoms with Crippen molar-refractivity contribution in [1.29, 1.82) is 0 Å². The molecule has 2 aliphatic rings. The fourth-order valence-electron chi connectivity index (χ4n) is 3.94. The number of hydrogen-bond acceptors (Lipinski definition) is 2. The van der Waals surface area contributed by atoms with Gasteiger partial charge in [-0.3, -0.25) is 0 Å². The van der Waals surface area contributed by atoms with Crippen LogP contribution in [0.1, 0.15) is 31.0 Å². The highest BCUT2D eigenvalue weighted by Crippen LogP contribution is 2.51. The van der Waals surface area contributed by atoms with Gasteiger partial charge in [0.15, 0.2) is 11.6 Å². The van der Waals surface area contributed by atoms with Crippen molar-refractivity contribution >= 4 is 11.0 Å². The normalized spacial score (nSPS) is 33.4. The van der Waals surface area contributed by atoms with Gasteiger partial charge in [-0.1, -0.05) is 0 Å². The Hall–Kier alpha value is -1.49. The lowest BCUT2D eigenvalue weighted by atomic mass is 9.84. The number of nitrogens with one attached hydrogen (secondary N) is 1. The molecule has 0 saturated heterocycles. The topological polar surface area (TPSA) is 54.7 Å². The molecule has 4 unspecified atom stereocenters. The molecular formula is C14H15F2N3. The SMILES string of the molecule is NC1C2CCC(C2)C1c1nc2c(F)c(F)ccc2[nH]1. The van der Waals surface area contributed by atoms with E-state index in [1.54, 1.807) is 0 Å². The molecule has 3 nitrogen and oxygen atoms in total. The largest absolute Gasteiger partial charge is 0.342 e. The maximum atomic E-state index is 13.7. The second-order valence-corrected chi connectivity index (χ2v) is 5.82. The lowest BCUT2D eigenvalue weighted by Gasteiger charge is -2.26. The Morgan fingerprint density at radius 2 is 2.00 bits per heavy atom. The molecule has 19 heavy (non-hydrogen) atoms. The summed E-state index contributed by atoms with van der Waals surface area (Å²) >= 11 is 0. The van der Waals surface area contributed by atoms with Crippen molar-refractivity contribution < 1.29 is 8.78 Å². The Balaban J connectivity index is 1.82. The number of nitrogens with two attached hydrogens (primary N) is 1. The molecule has 0 amide bonds. The zero-order valence-corrected chi connectivity index (χ0v) is 10.4. The van der Waals surface area contributed by atoms with Gasteiger partial charge in [-0.2, -0.15) is 0 Å². The number of benzene rings is 1. The predicted octanol–water partition coefficient (Wildman–Crippen LogP) is 2.68. The van der Waals surface area contributed by atoms with E-state index >= 15 is 0 Å². The van der Waals surface area contributed by atoms with E-state index in [1.165, 1.54) is 12.5 Å². The van der Waals surface area contributed by atoms with E-state index < -0.39 is 11.6 Å². The van der Waals surface area contributed by atoms with Crippen LogP contribution in [-0.2, 0) is 0 Å². The van der Waals surface area contributed by atoms with Crippen molar-refractivity contribution in [2.24, 2.45) is 17.6 Å². The highest BCUT2D eigenvalue weighted by molar-refractivity contribution is 5.76. The quantitative estimate of drug-likeness (QED) is 0.831. The maximum Gasteiger partial charge on any atom is 0.186 e. The Bertz CT molecular complexity index is 649. The Morgan fingerprint density at radius 1 is 1.21 bits per heavy atom. The molecule has 100 valence electrons. The van der Waals surface area contributed by atoms with Gasteiger partial charge in [0.25, 0.3) is 0 Å². The van der Waals surface area contributed by atoms with Crippen LogP contribution in [0.5, 0.6) is 0 Å². The van der Waals surface area contributed by atoms with Crippen molar-refractivity contribution in [1.82, 2.24) is 9.97 Å². The molecule has 5 heteroatoms. The molecule has 0 radical (unpaired) electrons. The first-order valence-electron chi connectivity index (χ1n) is 6.74. The first-order chi connectivity index (χ1) is 9.15. The third-order valence-electron chi connectivity index (χ3n) is 4.86. The summed E-state index contributed by atoms with van der Waals surface area (Å²) in [5.74, 6) is 0.241. The van der Waals surface area contributed by atoms with Gasteiger partial charge >= 0.3 is 0 Å². The van der Waals surface area contributed by atoms with Crippen molar-refractivity contribution in [3.8, 4) is 0 Å². The summed E-state index contributed by atoms with van der Waals surface area (Å²) in [4.78, 5) is 7.40. The van der Waals surface area contributed by atoms with Gasteiger partial charge in [0, 0.05) is 12.0 Å². The molecule has 1 aromatic heterocycles. The molecular weight excluding hydrogens is 248 g/mol. The number of fused-ring (bicyclic) bond motifs is 3. The minimum Gasteiger partial charge on any atom is -0.342 e. The standard InChI is InChI=1S/C14H15F2N3/c15-8-3-4-9-13(11(8)16)19-14(18-9)10-6-1-2-7(5-6)12(10)17/h3-4,6-7,10,12H,1-2,5,17H2,(H,18,19). The van der Waals surface area contributed by atoms with Crippen LogP contribution in [0, 0.1) is 23.5 Å². The molecule has 2 aromatic rings. The number of rotatable bonds is 1. The summed E-state index contributed by atoms with van der Waals surface area (Å²) in [5, 5.41) is 0. The van der Waals surface area contributed by atoms with Gasteiger partial charge in [-0.25, -0.2) is 13.8 Å². The molecule has 0 spiro atoms. The van der Waals surface area contributed by atoms with Crippen LogP contribution in [0.3, 0.4) is 0 Å². The second kappa shape index (κ2) is 3.76. The number of nitrogens with zero attached hydrogens (tertiary/aromatic N) is 1. The van der Waals surface area contributed by atoms with Crippen molar-refractivity contribution in [3.05, 3.63) is 29.6 Å². The minimum atomic E-state index is -0.878. The summed E-state index contributed by atoms with van der Waals surface area (Å²) in [5.41, 5.74) is 6.89. The second-order valence-electron chi connectivity index (χ2n) is 5.82. The average molecular weight is 263 g/mol. The molecule has 3 N–H and O–H groups in total. The van der Waals surface area contributed by atoms with Crippen LogP contribution in [-0.4, -0.2) is 16.0 Å². The van der Waals surface area contributed by atoms with Crippen molar-refractivity contribution in [3.63, 3.8) is 0 Å².